The van der Waals surface area contributed by atoms with Crippen LogP contribution in [0.2, 0.25) is 0 Å². The third kappa shape index (κ3) is 4.80. The second-order valence-corrected chi connectivity index (χ2v) is 7.43. The molecule has 4 rings (SSSR count). The highest BCUT2D eigenvalue weighted by Gasteiger charge is 2.09. The van der Waals surface area contributed by atoms with E-state index >= 15 is 0 Å². The van der Waals surface area contributed by atoms with E-state index in [2.05, 4.69) is 10.1 Å². The zero-order valence-electron chi connectivity index (χ0n) is 19.0. The molecular formula is C26H23N3O5. The van der Waals surface area contributed by atoms with Gasteiger partial charge < -0.3 is 14.2 Å². The number of ether oxygens (including phenoxy) is 3. The lowest BCUT2D eigenvalue weighted by atomic mass is 10.1. The van der Waals surface area contributed by atoms with E-state index in [1.807, 2.05) is 12.1 Å². The number of rotatable bonds is 7. The normalized spacial score (nSPS) is 11.0. The third-order valence-corrected chi connectivity index (χ3v) is 5.19. The molecule has 0 amide bonds. The number of methoxy groups -OCH3 is 2. The molecule has 0 aliphatic carbocycles. The summed E-state index contributed by atoms with van der Waals surface area (Å²) in [5.41, 5.74) is 2.50. The Balaban J connectivity index is 1.51. The molecule has 0 atom stereocenters. The van der Waals surface area contributed by atoms with Gasteiger partial charge in [-0.25, -0.2) is 9.78 Å². The first kappa shape index (κ1) is 22.7. The third-order valence-electron chi connectivity index (χ3n) is 5.19. The first-order valence-electron chi connectivity index (χ1n) is 10.5. The van der Waals surface area contributed by atoms with Gasteiger partial charge in [0.05, 0.1) is 36.9 Å². The fourth-order valence-corrected chi connectivity index (χ4v) is 3.39. The number of hydrogen-bond donors (Lipinski definition) is 0. The van der Waals surface area contributed by atoms with Gasteiger partial charge in [-0.3, -0.25) is 4.79 Å². The van der Waals surface area contributed by atoms with Crippen LogP contribution in [0.25, 0.3) is 10.9 Å². The summed E-state index contributed by atoms with van der Waals surface area (Å²) >= 11 is 0. The van der Waals surface area contributed by atoms with Gasteiger partial charge in [0.15, 0.2) is 11.5 Å². The molecule has 8 heteroatoms. The summed E-state index contributed by atoms with van der Waals surface area (Å²) in [6, 6.07) is 19.5. The van der Waals surface area contributed by atoms with Crippen LogP contribution >= 0.6 is 0 Å². The van der Waals surface area contributed by atoms with Gasteiger partial charge in [-0.15, -0.1) is 0 Å². The molecule has 0 aliphatic heterocycles. The van der Waals surface area contributed by atoms with Crippen molar-refractivity contribution in [3.8, 4) is 11.5 Å². The second-order valence-electron chi connectivity index (χ2n) is 7.43. The Morgan fingerprint density at radius 2 is 1.79 bits per heavy atom. The van der Waals surface area contributed by atoms with Crippen LogP contribution in [0.15, 0.2) is 76.6 Å². The van der Waals surface area contributed by atoms with Gasteiger partial charge in [-0.2, -0.15) is 9.78 Å². The number of benzene rings is 3. The molecule has 4 aromatic rings. The molecule has 0 aliphatic rings. The van der Waals surface area contributed by atoms with Gasteiger partial charge in [-0.05, 0) is 60.5 Å². The summed E-state index contributed by atoms with van der Waals surface area (Å²) in [6.45, 7) is 2.03. The molecule has 34 heavy (non-hydrogen) atoms. The summed E-state index contributed by atoms with van der Waals surface area (Å²) in [6.07, 6.45) is 1.57. The predicted molar refractivity (Wildman–Crippen MR) is 129 cm³/mol. The van der Waals surface area contributed by atoms with Crippen molar-refractivity contribution in [1.29, 1.82) is 0 Å². The molecule has 1 aromatic heterocycles. The van der Waals surface area contributed by atoms with Crippen LogP contribution in [0.5, 0.6) is 11.5 Å². The Hall–Kier alpha value is -4.46. The first-order chi connectivity index (χ1) is 16.5. The molecule has 8 nitrogen and oxygen atoms in total. The van der Waals surface area contributed by atoms with Crippen molar-refractivity contribution in [1.82, 2.24) is 9.66 Å². The monoisotopic (exact) mass is 457 g/mol. The maximum absolute atomic E-state index is 12.8. The summed E-state index contributed by atoms with van der Waals surface area (Å²) in [5, 5.41) is 4.84. The van der Waals surface area contributed by atoms with E-state index in [1.54, 1.807) is 74.8 Å². The van der Waals surface area contributed by atoms with Crippen molar-refractivity contribution in [3.63, 3.8) is 0 Å². The van der Waals surface area contributed by atoms with E-state index in [0.717, 1.165) is 11.1 Å². The maximum Gasteiger partial charge on any atom is 0.337 e. The molecule has 0 N–H and O–H groups in total. The van der Waals surface area contributed by atoms with E-state index in [4.69, 9.17) is 14.2 Å². The zero-order valence-corrected chi connectivity index (χ0v) is 19.0. The molecule has 0 spiro atoms. The number of hydrogen-bond acceptors (Lipinski definition) is 7. The molecule has 0 saturated heterocycles. The fourth-order valence-electron chi connectivity index (χ4n) is 3.39. The molecule has 0 radical (unpaired) electrons. The Morgan fingerprint density at radius 3 is 2.53 bits per heavy atom. The quantitative estimate of drug-likeness (QED) is 0.308. The van der Waals surface area contributed by atoms with Gasteiger partial charge in [0.2, 0.25) is 0 Å². The van der Waals surface area contributed by atoms with Crippen LogP contribution in [0.4, 0.5) is 0 Å². The first-order valence-corrected chi connectivity index (χ1v) is 10.5. The van der Waals surface area contributed by atoms with Crippen LogP contribution < -0.4 is 15.0 Å². The minimum atomic E-state index is -0.386. The second kappa shape index (κ2) is 9.99. The standard InChI is InChI=1S/C26H23N3O5/c1-17-28-22-7-5-4-6-21(22)25(30)29(17)27-15-19-10-13-23(24(14-19)32-2)34-16-18-8-11-20(12-9-18)26(31)33-3/h4-15H,16H2,1-3H3. The SMILES string of the molecule is COC(=O)c1ccc(COc2ccc(C=Nn3c(C)nc4ccccc4c3=O)cc2OC)cc1. The number of aryl methyl sites for hydroxylation is 1. The molecule has 0 saturated carbocycles. The minimum Gasteiger partial charge on any atom is -0.493 e. The van der Waals surface area contributed by atoms with Crippen LogP contribution in [-0.4, -0.2) is 36.1 Å². The maximum atomic E-state index is 12.8. The van der Waals surface area contributed by atoms with Gasteiger partial charge in [-0.1, -0.05) is 24.3 Å². The highest BCUT2D eigenvalue weighted by molar-refractivity contribution is 5.89. The highest BCUT2D eigenvalue weighted by atomic mass is 16.5. The number of carbonyl (C=O) groups excluding carboxylic acids is 1. The van der Waals surface area contributed by atoms with E-state index < -0.39 is 0 Å². The summed E-state index contributed by atoms with van der Waals surface area (Å²) in [7, 11) is 2.90. The molecule has 1 heterocycles. The number of fused-ring (bicyclic) bond motifs is 1. The fraction of sp³-hybridized carbons (Fsp3) is 0.154. The highest BCUT2D eigenvalue weighted by Crippen LogP contribution is 2.28. The molecule has 3 aromatic carbocycles. The van der Waals surface area contributed by atoms with Crippen molar-refractivity contribution >= 4 is 23.1 Å². The lowest BCUT2D eigenvalue weighted by Crippen LogP contribution is -2.20. The average molecular weight is 457 g/mol. The van der Waals surface area contributed by atoms with Crippen LogP contribution in [-0.2, 0) is 11.3 Å². The molecule has 0 fully saturated rings. The van der Waals surface area contributed by atoms with Gasteiger partial charge >= 0.3 is 5.97 Å². The van der Waals surface area contributed by atoms with Crippen molar-refractivity contribution < 1.29 is 19.0 Å². The number of esters is 1. The Morgan fingerprint density at radius 1 is 1.03 bits per heavy atom. The van der Waals surface area contributed by atoms with Crippen molar-refractivity contribution in [3.05, 3.63) is 99.6 Å². The molecule has 0 unspecified atom stereocenters. The van der Waals surface area contributed by atoms with Crippen molar-refractivity contribution in [2.45, 2.75) is 13.5 Å². The largest absolute Gasteiger partial charge is 0.493 e. The van der Waals surface area contributed by atoms with Crippen LogP contribution in [0.3, 0.4) is 0 Å². The number of nitrogens with zero attached hydrogens (tertiary/aromatic N) is 3. The van der Waals surface area contributed by atoms with E-state index in [1.165, 1.54) is 11.8 Å². The predicted octanol–water partition coefficient (Wildman–Crippen LogP) is 3.96. The minimum absolute atomic E-state index is 0.232. The smallest absolute Gasteiger partial charge is 0.337 e. The number of para-hydroxylation sites is 1. The number of aromatic nitrogens is 2. The van der Waals surface area contributed by atoms with Crippen LogP contribution in [0, 0.1) is 6.92 Å². The lowest BCUT2D eigenvalue weighted by molar-refractivity contribution is 0.0600. The molecular weight excluding hydrogens is 434 g/mol. The van der Waals surface area contributed by atoms with Gasteiger partial charge in [0.25, 0.3) is 5.56 Å². The average Bonchev–Trinajstić information content (AvgIpc) is 2.87. The van der Waals surface area contributed by atoms with Gasteiger partial charge in [0.1, 0.15) is 12.4 Å². The summed E-state index contributed by atoms with van der Waals surface area (Å²) in [4.78, 5) is 28.8. The van der Waals surface area contributed by atoms with Gasteiger partial charge in [0, 0.05) is 0 Å². The lowest BCUT2D eigenvalue weighted by Gasteiger charge is -2.12. The Kier molecular flexibility index (Phi) is 6.68. The van der Waals surface area contributed by atoms with E-state index in [-0.39, 0.29) is 11.5 Å². The van der Waals surface area contributed by atoms with Crippen LogP contribution in [0.1, 0.15) is 27.3 Å². The molecule has 0 bridgehead atoms. The summed E-state index contributed by atoms with van der Waals surface area (Å²) in [5.74, 6) is 1.18. The van der Waals surface area contributed by atoms with E-state index in [0.29, 0.717) is 40.4 Å². The summed E-state index contributed by atoms with van der Waals surface area (Å²) < 4.78 is 17.3. The zero-order chi connectivity index (χ0) is 24.1. The Labute approximate surface area is 196 Å². The number of carbonyl (C=O) groups is 1. The Bertz CT molecular complexity index is 1430. The van der Waals surface area contributed by atoms with E-state index in [9.17, 15) is 9.59 Å². The van der Waals surface area contributed by atoms with Crippen molar-refractivity contribution in [2.75, 3.05) is 14.2 Å². The topological polar surface area (TPSA) is 92.0 Å². The molecule has 172 valence electrons. The van der Waals surface area contributed by atoms with Crippen molar-refractivity contribution in [2.24, 2.45) is 5.10 Å².